The van der Waals surface area contributed by atoms with Crippen molar-refractivity contribution in [3.63, 3.8) is 0 Å². The van der Waals surface area contributed by atoms with Gasteiger partial charge >= 0.3 is 5.97 Å². The van der Waals surface area contributed by atoms with E-state index in [1.54, 1.807) is 18.2 Å². The van der Waals surface area contributed by atoms with Gasteiger partial charge in [-0.05, 0) is 37.8 Å². The normalized spacial score (nSPS) is 22.9. The smallest absolute Gasteiger partial charge is 0.326 e. The number of piperazine rings is 1. The van der Waals surface area contributed by atoms with E-state index in [-0.39, 0.29) is 65.1 Å². The number of amides is 1. The van der Waals surface area contributed by atoms with E-state index in [1.165, 1.54) is 36.6 Å². The summed E-state index contributed by atoms with van der Waals surface area (Å²) in [4.78, 5) is 54.5. The molecule has 1 aliphatic carbocycles. The van der Waals surface area contributed by atoms with Crippen LogP contribution >= 0.6 is 36.6 Å². The SMILES string of the molecule is CC(=O)SC1CCN(C(C(=O)C2CC2)c2ccccc2F)C/C1=C/CN1CCN(C(C)C(=O)O)C(=O)C1.Cl.Cl. The summed E-state index contributed by atoms with van der Waals surface area (Å²) in [6.45, 7) is 5.52. The molecule has 2 aliphatic heterocycles. The fraction of sp³-hybridized carbons (Fsp3) is 0.556. The van der Waals surface area contributed by atoms with Gasteiger partial charge in [-0.15, -0.1) is 24.8 Å². The second-order valence-corrected chi connectivity index (χ2v) is 11.5. The van der Waals surface area contributed by atoms with Gasteiger partial charge in [0.2, 0.25) is 5.91 Å². The highest BCUT2D eigenvalue weighted by Crippen LogP contribution is 2.40. The van der Waals surface area contributed by atoms with Crippen molar-refractivity contribution in [1.29, 1.82) is 0 Å². The summed E-state index contributed by atoms with van der Waals surface area (Å²) in [6.07, 6.45) is 4.35. The number of carboxylic acids is 1. The first-order valence-electron chi connectivity index (χ1n) is 12.8. The second-order valence-electron chi connectivity index (χ2n) is 10.1. The van der Waals surface area contributed by atoms with Crippen LogP contribution in [0.2, 0.25) is 0 Å². The average molecular weight is 605 g/mol. The predicted octanol–water partition coefficient (Wildman–Crippen LogP) is 3.59. The third kappa shape index (κ3) is 8.27. The number of nitrogens with zero attached hydrogens (tertiary/aromatic N) is 3. The zero-order valence-electron chi connectivity index (χ0n) is 22.1. The molecule has 216 valence electrons. The van der Waals surface area contributed by atoms with Crippen molar-refractivity contribution in [3.8, 4) is 0 Å². The third-order valence-electron chi connectivity index (χ3n) is 7.37. The number of carbonyl (C=O) groups is 4. The van der Waals surface area contributed by atoms with Gasteiger partial charge in [-0.1, -0.05) is 36.0 Å². The topological polar surface area (TPSA) is 98.2 Å². The number of ketones is 1. The molecule has 1 N–H and O–H groups in total. The Balaban J connectivity index is 0.00000267. The maximum atomic E-state index is 14.8. The van der Waals surface area contributed by atoms with E-state index in [2.05, 4.69) is 0 Å². The molecule has 3 aliphatic rings. The zero-order chi connectivity index (χ0) is 26.7. The molecular formula is C27H36Cl2FN3O5S. The lowest BCUT2D eigenvalue weighted by Gasteiger charge is -2.39. The van der Waals surface area contributed by atoms with Gasteiger partial charge in [0.25, 0.3) is 0 Å². The third-order valence-corrected chi connectivity index (χ3v) is 8.53. The van der Waals surface area contributed by atoms with Gasteiger partial charge < -0.3 is 10.0 Å². The average Bonchev–Trinajstić information content (AvgIpc) is 3.70. The fourth-order valence-electron chi connectivity index (χ4n) is 5.13. The highest BCUT2D eigenvalue weighted by molar-refractivity contribution is 8.14. The zero-order valence-corrected chi connectivity index (χ0v) is 24.5. The van der Waals surface area contributed by atoms with Crippen LogP contribution in [0, 0.1) is 11.7 Å². The molecule has 3 unspecified atom stereocenters. The molecule has 12 heteroatoms. The van der Waals surface area contributed by atoms with Crippen LogP contribution < -0.4 is 0 Å². The minimum absolute atomic E-state index is 0. The Bertz CT molecular complexity index is 1100. The van der Waals surface area contributed by atoms with E-state index in [1.807, 2.05) is 15.9 Å². The number of carboxylic acid groups (broad SMARTS) is 1. The van der Waals surface area contributed by atoms with Gasteiger partial charge in [-0.3, -0.25) is 24.2 Å². The van der Waals surface area contributed by atoms with E-state index < -0.39 is 18.1 Å². The van der Waals surface area contributed by atoms with Gasteiger partial charge in [0, 0.05) is 56.4 Å². The largest absolute Gasteiger partial charge is 0.480 e. The first-order chi connectivity index (χ1) is 17.7. The van der Waals surface area contributed by atoms with E-state index in [4.69, 9.17) is 0 Å². The predicted molar refractivity (Wildman–Crippen MR) is 153 cm³/mol. The molecule has 0 aromatic heterocycles. The van der Waals surface area contributed by atoms with Crippen molar-refractivity contribution in [2.45, 2.75) is 50.4 Å². The molecule has 3 fully saturated rings. The molecule has 1 saturated carbocycles. The maximum Gasteiger partial charge on any atom is 0.326 e. The standard InChI is InChI=1S/C27H34FN3O5S.2ClH/c1-17(27(35)36)31-14-13-29(16-24(31)33)11-9-20-15-30(12-10-23(20)37-18(2)32)25(26(34)19-7-8-19)21-5-3-4-6-22(21)28;;/h3-6,9,17,19,23,25H,7-8,10-16H2,1-2H3,(H,35,36);2*1H/b20-9-;;. The van der Waals surface area contributed by atoms with Crippen molar-refractivity contribution in [2.24, 2.45) is 5.92 Å². The van der Waals surface area contributed by atoms with Crippen LogP contribution in [0.25, 0.3) is 0 Å². The van der Waals surface area contributed by atoms with Crippen LogP contribution in [0.4, 0.5) is 4.39 Å². The number of hydrogen-bond acceptors (Lipinski definition) is 7. The van der Waals surface area contributed by atoms with Crippen LogP contribution in [0.15, 0.2) is 35.9 Å². The van der Waals surface area contributed by atoms with E-state index in [9.17, 15) is 28.7 Å². The highest BCUT2D eigenvalue weighted by Gasteiger charge is 2.41. The number of benzene rings is 1. The molecule has 2 saturated heterocycles. The van der Waals surface area contributed by atoms with Gasteiger partial charge in [0.1, 0.15) is 11.9 Å². The maximum absolute atomic E-state index is 14.8. The molecule has 1 aromatic rings. The number of piperidine rings is 1. The molecule has 3 atom stereocenters. The molecule has 0 radical (unpaired) electrons. The van der Waals surface area contributed by atoms with Gasteiger partial charge in [0.15, 0.2) is 10.9 Å². The van der Waals surface area contributed by atoms with Crippen molar-refractivity contribution >= 4 is 59.4 Å². The Hall–Kier alpha value is -1.98. The Morgan fingerprint density at radius 2 is 1.79 bits per heavy atom. The molecule has 0 bridgehead atoms. The summed E-state index contributed by atoms with van der Waals surface area (Å²) in [7, 11) is 0. The number of thioether (sulfide) groups is 1. The van der Waals surface area contributed by atoms with E-state index >= 15 is 0 Å². The van der Waals surface area contributed by atoms with Crippen molar-refractivity contribution in [3.05, 3.63) is 47.3 Å². The van der Waals surface area contributed by atoms with Crippen molar-refractivity contribution in [1.82, 2.24) is 14.7 Å². The number of hydrogen-bond donors (Lipinski definition) is 1. The number of rotatable bonds is 9. The lowest BCUT2D eigenvalue weighted by Crippen LogP contribution is -2.55. The Kier molecular flexibility index (Phi) is 12.4. The Labute approximate surface area is 245 Å². The first-order valence-corrected chi connectivity index (χ1v) is 13.7. The summed E-state index contributed by atoms with van der Waals surface area (Å²) in [5.41, 5.74) is 1.39. The molecule has 2 heterocycles. The molecule has 1 aromatic carbocycles. The van der Waals surface area contributed by atoms with Crippen molar-refractivity contribution in [2.75, 3.05) is 39.3 Å². The lowest BCUT2D eigenvalue weighted by atomic mass is 9.93. The van der Waals surface area contributed by atoms with Crippen LogP contribution in [0.5, 0.6) is 0 Å². The Morgan fingerprint density at radius 3 is 2.38 bits per heavy atom. The molecule has 8 nitrogen and oxygen atoms in total. The summed E-state index contributed by atoms with van der Waals surface area (Å²) in [5.74, 6) is -1.62. The first kappa shape index (κ1) is 33.2. The summed E-state index contributed by atoms with van der Waals surface area (Å²) in [5, 5.41) is 9.20. The highest BCUT2D eigenvalue weighted by atomic mass is 35.5. The van der Waals surface area contributed by atoms with Crippen LogP contribution in [-0.4, -0.2) is 93.1 Å². The molecular weight excluding hydrogens is 568 g/mol. The number of likely N-dealkylation sites (tertiary alicyclic amines) is 1. The Morgan fingerprint density at radius 1 is 1.10 bits per heavy atom. The number of Topliss-reactive ketones (excluding diaryl/α,β-unsaturated/α-hetero) is 1. The molecule has 1 amide bonds. The number of carbonyl (C=O) groups excluding carboxylic acids is 3. The fourth-order valence-corrected chi connectivity index (χ4v) is 6.08. The molecule has 4 rings (SSSR count). The van der Waals surface area contributed by atoms with Gasteiger partial charge in [0.05, 0.1) is 12.6 Å². The summed E-state index contributed by atoms with van der Waals surface area (Å²) in [6, 6.07) is 4.92. The van der Waals surface area contributed by atoms with Crippen molar-refractivity contribution < 1.29 is 28.7 Å². The number of aliphatic carboxylic acids is 1. The summed E-state index contributed by atoms with van der Waals surface area (Å²) < 4.78 is 14.8. The van der Waals surface area contributed by atoms with Crippen LogP contribution in [0.1, 0.15) is 44.7 Å². The van der Waals surface area contributed by atoms with E-state index in [0.717, 1.165) is 18.4 Å². The minimum atomic E-state index is -1.03. The summed E-state index contributed by atoms with van der Waals surface area (Å²) >= 11 is 1.27. The van der Waals surface area contributed by atoms with Crippen LogP contribution in [0.3, 0.4) is 0 Å². The van der Waals surface area contributed by atoms with Gasteiger partial charge in [-0.25, -0.2) is 9.18 Å². The minimum Gasteiger partial charge on any atom is -0.480 e. The second kappa shape index (κ2) is 14.6. The monoisotopic (exact) mass is 603 g/mol. The molecule has 0 spiro atoms. The molecule has 39 heavy (non-hydrogen) atoms. The van der Waals surface area contributed by atoms with Gasteiger partial charge in [-0.2, -0.15) is 0 Å². The van der Waals surface area contributed by atoms with E-state index in [0.29, 0.717) is 44.7 Å². The van der Waals surface area contributed by atoms with Crippen LogP contribution in [-0.2, 0) is 19.2 Å². The quantitative estimate of drug-likeness (QED) is 0.428. The number of halogens is 3. The lowest BCUT2D eigenvalue weighted by molar-refractivity contribution is -0.152.